The van der Waals surface area contributed by atoms with Gasteiger partial charge in [-0.3, -0.25) is 4.79 Å². The van der Waals surface area contributed by atoms with Crippen LogP contribution in [0.2, 0.25) is 0 Å². The summed E-state index contributed by atoms with van der Waals surface area (Å²) in [5, 5.41) is 12.4. The third-order valence-electron chi connectivity index (χ3n) is 2.52. The van der Waals surface area contributed by atoms with Gasteiger partial charge in [0.15, 0.2) is 0 Å². The maximum Gasteiger partial charge on any atom is 0.261 e. The van der Waals surface area contributed by atoms with Crippen LogP contribution in [0.25, 0.3) is 0 Å². The molecule has 1 heterocycles. The van der Waals surface area contributed by atoms with Gasteiger partial charge in [0, 0.05) is 12.1 Å². The van der Waals surface area contributed by atoms with Gasteiger partial charge in [-0.15, -0.1) is 11.3 Å². The Morgan fingerprint density at radius 2 is 2.11 bits per heavy atom. The zero-order valence-corrected chi connectivity index (χ0v) is 12.2. The Hall–Kier alpha value is -1.24. The number of thiophene rings is 1. The highest BCUT2D eigenvalue weighted by Crippen LogP contribution is 2.22. The lowest BCUT2D eigenvalue weighted by Crippen LogP contribution is -2.28. The standard InChI is InChI=1S/C13H11BrFNO2S/c14-12-6-5-11(19-12)13(18)16-7-10(17)8-3-1-2-4-9(8)15/h1-6,10,17H,7H2,(H,16,18)/t10-/m0/s1. The predicted molar refractivity (Wildman–Crippen MR) is 75.7 cm³/mol. The Balaban J connectivity index is 1.96. The fourth-order valence-corrected chi connectivity index (χ4v) is 2.87. The van der Waals surface area contributed by atoms with Crippen molar-refractivity contribution < 1.29 is 14.3 Å². The van der Waals surface area contributed by atoms with Crippen LogP contribution < -0.4 is 5.32 Å². The molecule has 0 aliphatic heterocycles. The van der Waals surface area contributed by atoms with E-state index in [0.717, 1.165) is 3.79 Å². The van der Waals surface area contributed by atoms with Crippen LogP contribution in [0.5, 0.6) is 0 Å². The van der Waals surface area contributed by atoms with Crippen molar-refractivity contribution in [2.45, 2.75) is 6.10 Å². The molecule has 0 saturated heterocycles. The van der Waals surface area contributed by atoms with Crippen molar-refractivity contribution >= 4 is 33.2 Å². The van der Waals surface area contributed by atoms with Crippen LogP contribution in [-0.4, -0.2) is 17.6 Å². The highest BCUT2D eigenvalue weighted by Gasteiger charge is 2.14. The Labute approximate surface area is 122 Å². The SMILES string of the molecule is O=C(NC[C@H](O)c1ccccc1F)c1ccc(Br)s1. The first-order chi connectivity index (χ1) is 9.08. The van der Waals surface area contributed by atoms with E-state index in [4.69, 9.17) is 0 Å². The molecule has 0 aliphatic carbocycles. The number of halogens is 2. The average Bonchev–Trinajstić information content (AvgIpc) is 2.83. The van der Waals surface area contributed by atoms with Crippen molar-refractivity contribution in [3.8, 4) is 0 Å². The van der Waals surface area contributed by atoms with Crippen molar-refractivity contribution in [3.05, 3.63) is 56.4 Å². The van der Waals surface area contributed by atoms with E-state index in [1.165, 1.54) is 23.5 Å². The molecule has 2 rings (SSSR count). The molecule has 0 fully saturated rings. The van der Waals surface area contributed by atoms with Crippen molar-refractivity contribution in [3.63, 3.8) is 0 Å². The van der Waals surface area contributed by atoms with E-state index >= 15 is 0 Å². The van der Waals surface area contributed by atoms with Gasteiger partial charge in [0.2, 0.25) is 0 Å². The Bertz CT molecular complexity index is 588. The molecule has 2 N–H and O–H groups in total. The van der Waals surface area contributed by atoms with Gasteiger partial charge < -0.3 is 10.4 Å². The molecular weight excluding hydrogens is 333 g/mol. The summed E-state index contributed by atoms with van der Waals surface area (Å²) in [6.07, 6.45) is -1.06. The molecule has 1 aromatic carbocycles. The van der Waals surface area contributed by atoms with Gasteiger partial charge in [0.05, 0.1) is 14.8 Å². The maximum atomic E-state index is 13.4. The highest BCUT2D eigenvalue weighted by atomic mass is 79.9. The van der Waals surface area contributed by atoms with Crippen molar-refractivity contribution in [2.75, 3.05) is 6.54 Å². The minimum atomic E-state index is -1.06. The summed E-state index contributed by atoms with van der Waals surface area (Å²) in [7, 11) is 0. The van der Waals surface area contributed by atoms with E-state index in [9.17, 15) is 14.3 Å². The molecule has 1 atom stereocenters. The number of hydrogen-bond acceptors (Lipinski definition) is 3. The first-order valence-corrected chi connectivity index (χ1v) is 7.15. The zero-order chi connectivity index (χ0) is 13.8. The largest absolute Gasteiger partial charge is 0.386 e. The second kappa shape index (κ2) is 6.27. The summed E-state index contributed by atoms with van der Waals surface area (Å²) < 4.78 is 14.3. The van der Waals surface area contributed by atoms with Gasteiger partial charge in [-0.1, -0.05) is 18.2 Å². The Morgan fingerprint density at radius 3 is 2.74 bits per heavy atom. The lowest BCUT2D eigenvalue weighted by molar-refractivity contribution is 0.0918. The smallest absolute Gasteiger partial charge is 0.261 e. The fraction of sp³-hybridized carbons (Fsp3) is 0.154. The van der Waals surface area contributed by atoms with E-state index in [1.54, 1.807) is 24.3 Å². The zero-order valence-electron chi connectivity index (χ0n) is 9.77. The summed E-state index contributed by atoms with van der Waals surface area (Å²) in [6.45, 7) is -0.0325. The topological polar surface area (TPSA) is 49.3 Å². The van der Waals surface area contributed by atoms with Crippen LogP contribution in [0, 0.1) is 5.82 Å². The summed E-state index contributed by atoms with van der Waals surface area (Å²) >= 11 is 4.56. The molecule has 0 bridgehead atoms. The van der Waals surface area contributed by atoms with Crippen LogP contribution in [0.3, 0.4) is 0 Å². The van der Waals surface area contributed by atoms with Gasteiger partial charge in [-0.25, -0.2) is 4.39 Å². The van der Waals surface area contributed by atoms with E-state index < -0.39 is 11.9 Å². The van der Waals surface area contributed by atoms with E-state index in [0.29, 0.717) is 4.88 Å². The molecule has 0 aliphatic rings. The summed E-state index contributed by atoms with van der Waals surface area (Å²) in [5.41, 5.74) is 0.176. The Morgan fingerprint density at radius 1 is 1.37 bits per heavy atom. The second-order valence-corrected chi connectivity index (χ2v) is 6.31. The van der Waals surface area contributed by atoms with Gasteiger partial charge in [-0.2, -0.15) is 0 Å². The summed E-state index contributed by atoms with van der Waals surface area (Å²) in [4.78, 5) is 12.3. The van der Waals surface area contributed by atoms with E-state index in [-0.39, 0.29) is 18.0 Å². The van der Waals surface area contributed by atoms with Gasteiger partial charge in [0.25, 0.3) is 5.91 Å². The molecule has 0 saturated carbocycles. The molecule has 0 radical (unpaired) electrons. The predicted octanol–water partition coefficient (Wildman–Crippen LogP) is 3.11. The third-order valence-corrected chi connectivity index (χ3v) is 4.14. The lowest BCUT2D eigenvalue weighted by Gasteiger charge is -2.12. The van der Waals surface area contributed by atoms with Crippen molar-refractivity contribution in [2.24, 2.45) is 0 Å². The number of aliphatic hydroxyl groups excluding tert-OH is 1. The van der Waals surface area contributed by atoms with Gasteiger partial charge >= 0.3 is 0 Å². The fourth-order valence-electron chi connectivity index (χ4n) is 1.57. The molecule has 100 valence electrons. The van der Waals surface area contributed by atoms with Crippen LogP contribution in [0.4, 0.5) is 4.39 Å². The Kier molecular flexibility index (Phi) is 4.68. The average molecular weight is 344 g/mol. The molecule has 19 heavy (non-hydrogen) atoms. The normalized spacial score (nSPS) is 12.2. The molecule has 0 spiro atoms. The third kappa shape index (κ3) is 3.62. The maximum absolute atomic E-state index is 13.4. The number of aliphatic hydroxyl groups is 1. The first-order valence-electron chi connectivity index (χ1n) is 5.54. The number of rotatable bonds is 4. The van der Waals surface area contributed by atoms with Gasteiger partial charge in [0.1, 0.15) is 5.82 Å². The first kappa shape index (κ1) is 14.2. The van der Waals surface area contributed by atoms with Crippen molar-refractivity contribution in [1.82, 2.24) is 5.32 Å². The minimum absolute atomic E-state index is 0.0325. The molecule has 2 aromatic rings. The number of carbonyl (C=O) groups is 1. The molecular formula is C13H11BrFNO2S. The number of amides is 1. The number of carbonyl (C=O) groups excluding carboxylic acids is 1. The lowest BCUT2D eigenvalue weighted by atomic mass is 10.1. The van der Waals surface area contributed by atoms with Crippen LogP contribution in [-0.2, 0) is 0 Å². The monoisotopic (exact) mass is 343 g/mol. The van der Waals surface area contributed by atoms with Crippen LogP contribution >= 0.6 is 27.3 Å². The van der Waals surface area contributed by atoms with Gasteiger partial charge in [-0.05, 0) is 34.1 Å². The second-order valence-electron chi connectivity index (χ2n) is 3.85. The van der Waals surface area contributed by atoms with Crippen LogP contribution in [0.1, 0.15) is 21.3 Å². The van der Waals surface area contributed by atoms with Crippen molar-refractivity contribution in [1.29, 1.82) is 0 Å². The molecule has 3 nitrogen and oxygen atoms in total. The molecule has 1 aromatic heterocycles. The number of nitrogens with one attached hydrogen (secondary N) is 1. The summed E-state index contributed by atoms with van der Waals surface area (Å²) in [5.74, 6) is -0.769. The van der Waals surface area contributed by atoms with Crippen LogP contribution in [0.15, 0.2) is 40.2 Å². The van der Waals surface area contributed by atoms with E-state index in [1.807, 2.05) is 0 Å². The quantitative estimate of drug-likeness (QED) is 0.895. The highest BCUT2D eigenvalue weighted by molar-refractivity contribution is 9.11. The summed E-state index contributed by atoms with van der Waals surface area (Å²) in [6, 6.07) is 9.41. The molecule has 1 amide bonds. The number of benzene rings is 1. The minimum Gasteiger partial charge on any atom is -0.386 e. The number of hydrogen-bond donors (Lipinski definition) is 2. The van der Waals surface area contributed by atoms with E-state index in [2.05, 4.69) is 21.2 Å². The molecule has 6 heteroatoms. The molecule has 0 unspecified atom stereocenters.